The Morgan fingerprint density at radius 1 is 1.24 bits per heavy atom. The van der Waals surface area contributed by atoms with Gasteiger partial charge in [0.2, 0.25) is 0 Å². The SMILES string of the molecule is CCCn1c(=O)oc2cc(NC(=O)Nc3ccc(Br)cc3F)ccc21. The molecule has 25 heavy (non-hydrogen) atoms. The topological polar surface area (TPSA) is 76.3 Å². The number of fused-ring (bicyclic) bond motifs is 1. The zero-order valence-corrected chi connectivity index (χ0v) is 14.9. The van der Waals surface area contributed by atoms with Crippen LogP contribution in [-0.4, -0.2) is 10.6 Å². The summed E-state index contributed by atoms with van der Waals surface area (Å²) in [6, 6.07) is 8.64. The van der Waals surface area contributed by atoms with Crippen molar-refractivity contribution >= 4 is 44.4 Å². The van der Waals surface area contributed by atoms with E-state index in [2.05, 4.69) is 26.6 Å². The minimum absolute atomic E-state index is 0.0578. The van der Waals surface area contributed by atoms with Gasteiger partial charge >= 0.3 is 11.8 Å². The lowest BCUT2D eigenvalue weighted by Crippen LogP contribution is -2.20. The Bertz CT molecular complexity index is 996. The van der Waals surface area contributed by atoms with Crippen molar-refractivity contribution in [2.24, 2.45) is 0 Å². The molecule has 0 fully saturated rings. The van der Waals surface area contributed by atoms with Crippen LogP contribution in [0.15, 0.2) is 50.1 Å². The van der Waals surface area contributed by atoms with Gasteiger partial charge in [-0.05, 0) is 36.8 Å². The van der Waals surface area contributed by atoms with E-state index in [4.69, 9.17) is 4.42 Å². The molecule has 3 rings (SSSR count). The van der Waals surface area contributed by atoms with E-state index >= 15 is 0 Å². The van der Waals surface area contributed by atoms with Gasteiger partial charge in [-0.25, -0.2) is 14.0 Å². The molecule has 1 heterocycles. The van der Waals surface area contributed by atoms with Crippen LogP contribution in [0.2, 0.25) is 0 Å². The van der Waals surface area contributed by atoms with Gasteiger partial charge in [-0.1, -0.05) is 22.9 Å². The predicted octanol–water partition coefficient (Wildman–Crippen LogP) is 4.55. The molecule has 0 aliphatic heterocycles. The van der Waals surface area contributed by atoms with Gasteiger partial charge in [-0.15, -0.1) is 0 Å². The van der Waals surface area contributed by atoms with Crippen LogP contribution in [0.25, 0.3) is 11.1 Å². The minimum atomic E-state index is -0.601. The molecule has 0 spiro atoms. The highest BCUT2D eigenvalue weighted by atomic mass is 79.9. The van der Waals surface area contributed by atoms with Gasteiger partial charge in [-0.3, -0.25) is 4.57 Å². The lowest BCUT2D eigenvalue weighted by molar-refractivity contribution is 0.262. The zero-order chi connectivity index (χ0) is 18.0. The number of hydrogen-bond donors (Lipinski definition) is 2. The number of halogens is 2. The van der Waals surface area contributed by atoms with E-state index in [-0.39, 0.29) is 5.69 Å². The summed E-state index contributed by atoms with van der Waals surface area (Å²) in [4.78, 5) is 23.9. The molecule has 0 unspecified atom stereocenters. The van der Waals surface area contributed by atoms with Gasteiger partial charge in [0.05, 0.1) is 11.2 Å². The molecule has 130 valence electrons. The third-order valence-corrected chi connectivity index (χ3v) is 4.05. The number of urea groups is 1. The first-order chi connectivity index (χ1) is 12.0. The van der Waals surface area contributed by atoms with E-state index in [9.17, 15) is 14.0 Å². The second-order valence-corrected chi connectivity index (χ2v) is 6.32. The predicted molar refractivity (Wildman–Crippen MR) is 97.5 cm³/mol. The van der Waals surface area contributed by atoms with E-state index in [1.165, 1.54) is 16.7 Å². The number of nitrogens with one attached hydrogen (secondary N) is 2. The molecule has 3 aromatic rings. The van der Waals surface area contributed by atoms with Crippen LogP contribution in [0.5, 0.6) is 0 Å². The summed E-state index contributed by atoms with van der Waals surface area (Å²) in [6.07, 6.45) is 0.801. The number of aromatic nitrogens is 1. The first kappa shape index (κ1) is 17.2. The number of aryl methyl sites for hydroxylation is 1. The summed E-state index contributed by atoms with van der Waals surface area (Å²) in [5.41, 5.74) is 1.53. The Balaban J connectivity index is 1.78. The van der Waals surface area contributed by atoms with Crippen molar-refractivity contribution in [3.8, 4) is 0 Å². The lowest BCUT2D eigenvalue weighted by Gasteiger charge is -2.09. The van der Waals surface area contributed by atoms with Gasteiger partial charge < -0.3 is 15.1 Å². The van der Waals surface area contributed by atoms with Gasteiger partial charge in [0.1, 0.15) is 5.82 Å². The van der Waals surface area contributed by atoms with E-state index in [0.29, 0.717) is 27.8 Å². The smallest absolute Gasteiger partial charge is 0.408 e. The minimum Gasteiger partial charge on any atom is -0.408 e. The largest absolute Gasteiger partial charge is 0.419 e. The molecule has 6 nitrogen and oxygen atoms in total. The molecule has 1 aromatic heterocycles. The molecular weight excluding hydrogens is 393 g/mol. The second kappa shape index (κ2) is 7.10. The average molecular weight is 408 g/mol. The summed E-state index contributed by atoms with van der Waals surface area (Å²) in [7, 11) is 0. The molecular formula is C17H15BrFN3O3. The molecule has 2 amide bonds. The Kier molecular flexibility index (Phi) is 4.89. The van der Waals surface area contributed by atoms with Crippen molar-refractivity contribution in [1.29, 1.82) is 0 Å². The van der Waals surface area contributed by atoms with Crippen molar-refractivity contribution in [3.05, 3.63) is 57.2 Å². The first-order valence-electron chi connectivity index (χ1n) is 7.64. The summed E-state index contributed by atoms with van der Waals surface area (Å²) < 4.78 is 21.1. The Hall–Kier alpha value is -2.61. The number of amides is 2. The molecule has 0 bridgehead atoms. The van der Waals surface area contributed by atoms with Crippen LogP contribution in [0.4, 0.5) is 20.6 Å². The number of hydrogen-bond acceptors (Lipinski definition) is 3. The van der Waals surface area contributed by atoms with E-state index in [1.54, 1.807) is 24.3 Å². The Morgan fingerprint density at radius 3 is 2.76 bits per heavy atom. The normalized spacial score (nSPS) is 10.8. The fourth-order valence-electron chi connectivity index (χ4n) is 2.45. The number of anilines is 2. The van der Waals surface area contributed by atoms with Crippen molar-refractivity contribution in [2.45, 2.75) is 19.9 Å². The number of nitrogens with zero attached hydrogens (tertiary/aromatic N) is 1. The molecule has 0 radical (unpaired) electrons. The van der Waals surface area contributed by atoms with Crippen LogP contribution in [0, 0.1) is 5.82 Å². The average Bonchev–Trinajstić information content (AvgIpc) is 2.86. The third kappa shape index (κ3) is 3.74. The molecule has 2 N–H and O–H groups in total. The highest BCUT2D eigenvalue weighted by Gasteiger charge is 2.11. The van der Waals surface area contributed by atoms with Crippen LogP contribution < -0.4 is 16.4 Å². The highest BCUT2D eigenvalue weighted by Crippen LogP contribution is 2.21. The fraction of sp³-hybridized carbons (Fsp3) is 0.176. The van der Waals surface area contributed by atoms with Crippen molar-refractivity contribution in [3.63, 3.8) is 0 Å². The molecule has 0 aliphatic rings. The van der Waals surface area contributed by atoms with Crippen molar-refractivity contribution in [2.75, 3.05) is 10.6 Å². The molecule has 0 saturated carbocycles. The van der Waals surface area contributed by atoms with Gasteiger partial charge in [-0.2, -0.15) is 0 Å². The van der Waals surface area contributed by atoms with Gasteiger partial charge in [0, 0.05) is 22.8 Å². The fourth-order valence-corrected chi connectivity index (χ4v) is 2.79. The number of carbonyl (C=O) groups excluding carboxylic acids is 1. The van der Waals surface area contributed by atoms with Crippen molar-refractivity contribution < 1.29 is 13.6 Å². The maximum absolute atomic E-state index is 13.8. The Morgan fingerprint density at radius 2 is 2.04 bits per heavy atom. The van der Waals surface area contributed by atoms with Gasteiger partial charge in [0.25, 0.3) is 0 Å². The monoisotopic (exact) mass is 407 g/mol. The summed E-state index contributed by atoms with van der Waals surface area (Å²) >= 11 is 3.15. The Labute approximate surface area is 150 Å². The van der Waals surface area contributed by atoms with E-state index in [0.717, 1.165) is 6.42 Å². The van der Waals surface area contributed by atoms with E-state index < -0.39 is 17.6 Å². The second-order valence-electron chi connectivity index (χ2n) is 5.41. The maximum atomic E-state index is 13.8. The van der Waals surface area contributed by atoms with E-state index in [1.807, 2.05) is 6.92 Å². The highest BCUT2D eigenvalue weighted by molar-refractivity contribution is 9.10. The number of oxazole rings is 1. The molecule has 0 saturated heterocycles. The third-order valence-electron chi connectivity index (χ3n) is 3.55. The first-order valence-corrected chi connectivity index (χ1v) is 8.43. The summed E-state index contributed by atoms with van der Waals surface area (Å²) in [6.45, 7) is 2.52. The van der Waals surface area contributed by atoms with Crippen molar-refractivity contribution in [1.82, 2.24) is 4.57 Å². The lowest BCUT2D eigenvalue weighted by atomic mass is 10.2. The van der Waals surface area contributed by atoms with Crippen LogP contribution in [0.3, 0.4) is 0 Å². The number of benzene rings is 2. The summed E-state index contributed by atoms with van der Waals surface area (Å²) in [5, 5.41) is 5.01. The maximum Gasteiger partial charge on any atom is 0.419 e. The summed E-state index contributed by atoms with van der Waals surface area (Å²) in [5.74, 6) is -0.988. The van der Waals surface area contributed by atoms with Crippen LogP contribution in [-0.2, 0) is 6.54 Å². The van der Waals surface area contributed by atoms with Gasteiger partial charge in [0.15, 0.2) is 5.58 Å². The molecule has 8 heteroatoms. The molecule has 2 aromatic carbocycles. The molecule has 0 aliphatic carbocycles. The van der Waals surface area contributed by atoms with Crippen LogP contribution >= 0.6 is 15.9 Å². The van der Waals surface area contributed by atoms with Crippen LogP contribution in [0.1, 0.15) is 13.3 Å². The number of carbonyl (C=O) groups is 1. The quantitative estimate of drug-likeness (QED) is 0.665. The zero-order valence-electron chi connectivity index (χ0n) is 13.3. The number of rotatable bonds is 4. The standard InChI is InChI=1S/C17H15BrFN3O3/c1-2-7-22-14-6-4-11(9-15(14)25-17(22)24)20-16(23)21-13-5-3-10(18)8-12(13)19/h3-6,8-9H,2,7H2,1H3,(H2,20,21,23). The molecule has 0 atom stereocenters.